The van der Waals surface area contributed by atoms with Crippen molar-refractivity contribution >= 4 is 58.0 Å². The van der Waals surface area contributed by atoms with Crippen LogP contribution in [0.1, 0.15) is 36.6 Å². The lowest BCUT2D eigenvalue weighted by molar-refractivity contribution is -0.117. The van der Waals surface area contributed by atoms with E-state index in [0.29, 0.717) is 33.5 Å². The number of rotatable bonds is 8. The van der Waals surface area contributed by atoms with Crippen molar-refractivity contribution in [2.45, 2.75) is 31.8 Å². The van der Waals surface area contributed by atoms with Gasteiger partial charge >= 0.3 is 0 Å². The molecule has 0 bridgehead atoms. The zero-order valence-corrected chi connectivity index (χ0v) is 22.4. The van der Waals surface area contributed by atoms with Gasteiger partial charge in [0, 0.05) is 41.8 Å². The largest absolute Gasteiger partial charge is 0.455 e. The van der Waals surface area contributed by atoms with E-state index in [-0.39, 0.29) is 39.4 Å². The van der Waals surface area contributed by atoms with Gasteiger partial charge in [-0.25, -0.2) is 4.98 Å². The fraction of sp³-hybridized carbons (Fsp3) is 0.143. The maximum absolute atomic E-state index is 13.8. The number of carbonyl (C=O) groups is 2. The fourth-order valence-electron chi connectivity index (χ4n) is 4.07. The predicted octanol–water partition coefficient (Wildman–Crippen LogP) is 5.63. The van der Waals surface area contributed by atoms with E-state index in [1.165, 1.54) is 6.92 Å². The summed E-state index contributed by atoms with van der Waals surface area (Å²) >= 11 is 7.13. The Balaban J connectivity index is 1.91. The summed E-state index contributed by atoms with van der Waals surface area (Å²) < 4.78 is 9.08. The summed E-state index contributed by atoms with van der Waals surface area (Å²) in [6.45, 7) is 5.20. The molecule has 0 saturated heterocycles. The molecule has 0 spiro atoms. The molecule has 0 aliphatic rings. The maximum atomic E-state index is 13.8. The second-order valence-electron chi connectivity index (χ2n) is 8.59. The number of fused-ring (bicyclic) bond motifs is 1. The molecule has 2 heterocycles. The lowest BCUT2D eigenvalue weighted by atomic mass is 9.96. The predicted molar refractivity (Wildman–Crippen MR) is 152 cm³/mol. The number of nitrogens with one attached hydrogen (secondary N) is 2. The Morgan fingerprint density at radius 2 is 1.92 bits per heavy atom. The van der Waals surface area contributed by atoms with Gasteiger partial charge in [-0.05, 0) is 37.6 Å². The summed E-state index contributed by atoms with van der Waals surface area (Å²) in [5.74, 6) is 0.0203. The second kappa shape index (κ2) is 11.5. The van der Waals surface area contributed by atoms with E-state index in [9.17, 15) is 14.4 Å². The molecule has 1 amide bonds. The first-order valence-electron chi connectivity index (χ1n) is 11.6. The van der Waals surface area contributed by atoms with Crippen LogP contribution in [-0.4, -0.2) is 17.2 Å². The number of halogens is 1. The third-order valence-corrected chi connectivity index (χ3v) is 6.86. The smallest absolute Gasteiger partial charge is 0.226 e. The molecule has 4 N–H and O–H groups in total. The standard InChI is InChI=1S/C28H25ClN4O4S/c1-15-11-20(16(2)31-22-9-10-23(29)32-28(22)38-33-17(3)35)27-21(12-15)25(36)24(19(13-30)14-34)26(37-27)18-7-5-4-6-8-18/h4-14,16,31H,30H2,1-3H3,(H,33,35)/b19-13+. The number of anilines is 1. The van der Waals surface area contributed by atoms with Crippen molar-refractivity contribution in [1.29, 1.82) is 0 Å². The van der Waals surface area contributed by atoms with Crippen LogP contribution >= 0.6 is 23.5 Å². The number of amides is 1. The number of aldehydes is 1. The van der Waals surface area contributed by atoms with Crippen LogP contribution < -0.4 is 21.2 Å². The van der Waals surface area contributed by atoms with Gasteiger partial charge in [0.2, 0.25) is 11.3 Å². The molecule has 2 aromatic carbocycles. The Bertz CT molecular complexity index is 1620. The number of pyridine rings is 1. The maximum Gasteiger partial charge on any atom is 0.226 e. The van der Waals surface area contributed by atoms with E-state index in [4.69, 9.17) is 21.8 Å². The van der Waals surface area contributed by atoms with E-state index in [1.54, 1.807) is 30.3 Å². The van der Waals surface area contributed by atoms with Crippen LogP contribution in [0.2, 0.25) is 5.15 Å². The van der Waals surface area contributed by atoms with Crippen LogP contribution in [0.3, 0.4) is 0 Å². The number of carbonyl (C=O) groups excluding carboxylic acids is 2. The van der Waals surface area contributed by atoms with Crippen LogP contribution in [0, 0.1) is 6.92 Å². The second-order valence-corrected chi connectivity index (χ2v) is 9.77. The lowest BCUT2D eigenvalue weighted by Gasteiger charge is -2.20. The summed E-state index contributed by atoms with van der Waals surface area (Å²) in [6, 6.07) is 15.8. The van der Waals surface area contributed by atoms with E-state index >= 15 is 0 Å². The van der Waals surface area contributed by atoms with E-state index in [2.05, 4.69) is 15.0 Å². The first-order chi connectivity index (χ1) is 18.2. The van der Waals surface area contributed by atoms with Gasteiger partial charge in [-0.1, -0.05) is 48.0 Å². The van der Waals surface area contributed by atoms with Gasteiger partial charge in [0.1, 0.15) is 21.5 Å². The molecular formula is C28H25ClN4O4S. The Morgan fingerprint density at radius 1 is 1.18 bits per heavy atom. The molecule has 0 aliphatic carbocycles. The highest BCUT2D eigenvalue weighted by molar-refractivity contribution is 7.98. The van der Waals surface area contributed by atoms with Gasteiger partial charge in [0.05, 0.1) is 22.7 Å². The van der Waals surface area contributed by atoms with Gasteiger partial charge < -0.3 is 15.5 Å². The minimum absolute atomic E-state index is 0.0422. The third-order valence-electron chi connectivity index (χ3n) is 5.75. The molecule has 10 heteroatoms. The van der Waals surface area contributed by atoms with Crippen LogP contribution in [0.25, 0.3) is 27.9 Å². The summed E-state index contributed by atoms with van der Waals surface area (Å²) in [7, 11) is 0. The molecule has 4 aromatic rings. The highest BCUT2D eigenvalue weighted by atomic mass is 35.5. The van der Waals surface area contributed by atoms with Crippen LogP contribution in [0.4, 0.5) is 5.69 Å². The molecule has 8 nitrogen and oxygen atoms in total. The van der Waals surface area contributed by atoms with Gasteiger partial charge in [0.25, 0.3) is 0 Å². The number of nitrogens with zero attached hydrogens (tertiary/aromatic N) is 1. The topological polar surface area (TPSA) is 127 Å². The monoisotopic (exact) mass is 548 g/mol. The summed E-state index contributed by atoms with van der Waals surface area (Å²) in [4.78, 5) is 41.4. The molecule has 4 rings (SSSR count). The Kier molecular flexibility index (Phi) is 8.19. The van der Waals surface area contributed by atoms with Crippen LogP contribution in [0.5, 0.6) is 0 Å². The zero-order valence-electron chi connectivity index (χ0n) is 20.9. The van der Waals surface area contributed by atoms with Crippen molar-refractivity contribution in [3.63, 3.8) is 0 Å². The average molecular weight is 549 g/mol. The highest BCUT2D eigenvalue weighted by Gasteiger charge is 2.23. The number of hydrogen-bond acceptors (Lipinski definition) is 8. The minimum Gasteiger partial charge on any atom is -0.455 e. The molecule has 1 unspecified atom stereocenters. The lowest BCUT2D eigenvalue weighted by Crippen LogP contribution is -2.16. The summed E-state index contributed by atoms with van der Waals surface area (Å²) in [5, 5.41) is 4.48. The number of aromatic nitrogens is 1. The quantitative estimate of drug-likeness (QED) is 0.112. The van der Waals surface area contributed by atoms with Crippen molar-refractivity contribution in [3.8, 4) is 11.3 Å². The van der Waals surface area contributed by atoms with Crippen molar-refractivity contribution < 1.29 is 14.0 Å². The molecule has 194 valence electrons. The Hall–Kier alpha value is -4.08. The molecular weight excluding hydrogens is 524 g/mol. The number of hydrogen-bond donors (Lipinski definition) is 3. The zero-order chi connectivity index (χ0) is 27.4. The van der Waals surface area contributed by atoms with Crippen molar-refractivity contribution in [2.75, 3.05) is 5.32 Å². The Labute approximate surface area is 228 Å². The van der Waals surface area contributed by atoms with Crippen molar-refractivity contribution in [1.82, 2.24) is 9.71 Å². The SMILES string of the molecule is CC(=O)NSc1nc(Cl)ccc1NC(C)c1cc(C)cc2c(=O)c(/C(C=O)=C/N)c(-c3ccccc3)oc12. The molecule has 0 fully saturated rings. The van der Waals surface area contributed by atoms with Crippen molar-refractivity contribution in [2.24, 2.45) is 5.73 Å². The average Bonchev–Trinajstić information content (AvgIpc) is 2.90. The van der Waals surface area contributed by atoms with Crippen molar-refractivity contribution in [3.05, 3.63) is 92.9 Å². The molecule has 0 radical (unpaired) electrons. The number of aryl methyl sites for hydroxylation is 1. The van der Waals surface area contributed by atoms with Gasteiger partial charge in [-0.2, -0.15) is 0 Å². The van der Waals surface area contributed by atoms with E-state index in [0.717, 1.165) is 29.3 Å². The summed E-state index contributed by atoms with van der Waals surface area (Å²) in [5.41, 5.74) is 8.69. The van der Waals surface area contributed by atoms with E-state index < -0.39 is 0 Å². The molecule has 2 aromatic heterocycles. The molecule has 0 saturated carbocycles. The Morgan fingerprint density at radius 3 is 2.58 bits per heavy atom. The van der Waals surface area contributed by atoms with Gasteiger partial charge in [-0.15, -0.1) is 0 Å². The van der Waals surface area contributed by atoms with Gasteiger partial charge in [-0.3, -0.25) is 19.1 Å². The molecule has 1 atom stereocenters. The fourth-order valence-corrected chi connectivity index (χ4v) is 4.89. The van der Waals surface area contributed by atoms with Crippen LogP contribution in [0.15, 0.2) is 75.0 Å². The van der Waals surface area contributed by atoms with E-state index in [1.807, 2.05) is 38.1 Å². The minimum atomic E-state index is -0.360. The molecule has 0 aliphatic heterocycles. The van der Waals surface area contributed by atoms with Crippen LogP contribution in [-0.2, 0) is 9.59 Å². The first kappa shape index (κ1) is 27.0. The first-order valence-corrected chi connectivity index (χ1v) is 12.8. The van der Waals surface area contributed by atoms with Gasteiger partial charge in [0.15, 0.2) is 6.29 Å². The number of benzene rings is 2. The number of nitrogens with two attached hydrogens (primary N) is 1. The number of allylic oxidation sites excluding steroid dienone is 1. The normalized spacial score (nSPS) is 12.3. The summed E-state index contributed by atoms with van der Waals surface area (Å²) in [6.07, 6.45) is 1.66. The third kappa shape index (κ3) is 5.58. The molecule has 38 heavy (non-hydrogen) atoms. The highest BCUT2D eigenvalue weighted by Crippen LogP contribution is 2.35.